The molecule has 1 aliphatic carbocycles. The van der Waals surface area contributed by atoms with Gasteiger partial charge < -0.3 is 10.2 Å². The monoisotopic (exact) mass is 408 g/mol. The molecular weight excluding hydrogens is 384 g/mol. The largest absolute Gasteiger partial charge is 0.507 e. The average molecular weight is 409 g/mol. The third-order valence-electron chi connectivity index (χ3n) is 5.18. The van der Waals surface area contributed by atoms with Crippen LogP contribution in [0.1, 0.15) is 29.5 Å². The summed E-state index contributed by atoms with van der Waals surface area (Å²) in [5.41, 5.74) is 5.90. The van der Waals surface area contributed by atoms with E-state index in [-0.39, 0.29) is 11.5 Å². The molecule has 0 atom stereocenters. The van der Waals surface area contributed by atoms with Gasteiger partial charge in [0.2, 0.25) is 0 Å². The summed E-state index contributed by atoms with van der Waals surface area (Å²) in [5.74, 6) is 0.469. The summed E-state index contributed by atoms with van der Waals surface area (Å²) >= 11 is 0. The fourth-order valence-corrected chi connectivity index (χ4v) is 3.38. The predicted molar refractivity (Wildman–Crippen MR) is 127 cm³/mol. The molecule has 3 aromatic rings. The van der Waals surface area contributed by atoms with Crippen LogP contribution in [0.5, 0.6) is 11.5 Å². The number of allylic oxidation sites excluding steroid dienone is 4. The van der Waals surface area contributed by atoms with Crippen LogP contribution in [0.4, 0.5) is 5.69 Å². The maximum atomic E-state index is 9.83. The van der Waals surface area contributed by atoms with Crippen LogP contribution in [0.15, 0.2) is 106 Å². The van der Waals surface area contributed by atoms with Crippen molar-refractivity contribution in [3.05, 3.63) is 113 Å². The topological polar surface area (TPSA) is 65.2 Å². The van der Waals surface area contributed by atoms with Crippen molar-refractivity contribution in [2.45, 2.75) is 19.3 Å². The van der Waals surface area contributed by atoms with Gasteiger partial charge in [0.15, 0.2) is 0 Å². The number of phenolic OH excluding ortho intramolecular Hbond substituents is 2. The number of aromatic hydroxyl groups is 2. The van der Waals surface area contributed by atoms with Crippen molar-refractivity contribution >= 4 is 18.1 Å². The van der Waals surface area contributed by atoms with Crippen LogP contribution in [0.25, 0.3) is 0 Å². The van der Waals surface area contributed by atoms with Crippen molar-refractivity contribution in [2.75, 3.05) is 0 Å². The second-order valence-electron chi connectivity index (χ2n) is 7.46. The Bertz CT molecular complexity index is 1170. The molecule has 4 nitrogen and oxygen atoms in total. The maximum Gasteiger partial charge on any atom is 0.124 e. The van der Waals surface area contributed by atoms with Gasteiger partial charge in [0, 0.05) is 29.3 Å². The zero-order valence-corrected chi connectivity index (χ0v) is 17.1. The average Bonchev–Trinajstić information content (AvgIpc) is 2.80. The van der Waals surface area contributed by atoms with Gasteiger partial charge in [-0.05, 0) is 67.3 Å². The van der Waals surface area contributed by atoms with Gasteiger partial charge >= 0.3 is 0 Å². The van der Waals surface area contributed by atoms with E-state index in [1.54, 1.807) is 36.7 Å². The van der Waals surface area contributed by atoms with Crippen LogP contribution in [0, 0.1) is 0 Å². The zero-order valence-electron chi connectivity index (χ0n) is 17.1. The van der Waals surface area contributed by atoms with E-state index in [1.165, 1.54) is 11.1 Å². The van der Waals surface area contributed by atoms with Crippen molar-refractivity contribution in [2.24, 2.45) is 9.98 Å². The van der Waals surface area contributed by atoms with E-state index < -0.39 is 0 Å². The highest BCUT2D eigenvalue weighted by Gasteiger charge is 2.07. The normalized spacial score (nSPS) is 14.1. The van der Waals surface area contributed by atoms with E-state index in [1.807, 2.05) is 36.4 Å². The molecule has 0 spiro atoms. The molecule has 2 N–H and O–H groups in total. The molecule has 4 rings (SSSR count). The summed E-state index contributed by atoms with van der Waals surface area (Å²) in [6.45, 7) is 0. The number of phenols is 2. The lowest BCUT2D eigenvalue weighted by atomic mass is 9.96. The van der Waals surface area contributed by atoms with Gasteiger partial charge in [-0.1, -0.05) is 48.0 Å². The minimum absolute atomic E-state index is 0.226. The van der Waals surface area contributed by atoms with Crippen molar-refractivity contribution in [1.82, 2.24) is 0 Å². The lowest BCUT2D eigenvalue weighted by Gasteiger charge is -2.12. The number of aliphatic imine (C=N–C) groups is 2. The van der Waals surface area contributed by atoms with Gasteiger partial charge in [0.25, 0.3) is 0 Å². The Morgan fingerprint density at radius 2 is 1.29 bits per heavy atom. The number of benzene rings is 3. The van der Waals surface area contributed by atoms with Crippen molar-refractivity contribution in [3.8, 4) is 11.5 Å². The smallest absolute Gasteiger partial charge is 0.124 e. The Kier molecular flexibility index (Phi) is 6.38. The fourth-order valence-electron chi connectivity index (χ4n) is 3.38. The van der Waals surface area contributed by atoms with Gasteiger partial charge in [-0.3, -0.25) is 9.98 Å². The number of para-hydroxylation sites is 2. The number of hydrogen-bond acceptors (Lipinski definition) is 4. The summed E-state index contributed by atoms with van der Waals surface area (Å²) in [7, 11) is 0. The predicted octanol–water partition coefficient (Wildman–Crippen LogP) is 6.11. The molecule has 0 saturated carbocycles. The minimum atomic E-state index is 0.226. The molecule has 0 unspecified atom stereocenters. The Morgan fingerprint density at radius 3 is 1.87 bits per heavy atom. The second kappa shape index (κ2) is 9.72. The van der Waals surface area contributed by atoms with Gasteiger partial charge in [0.05, 0.1) is 5.69 Å². The third-order valence-corrected chi connectivity index (χ3v) is 5.18. The molecule has 0 aliphatic heterocycles. The third kappa shape index (κ3) is 5.58. The highest BCUT2D eigenvalue weighted by Crippen LogP contribution is 2.24. The Hall–Kier alpha value is -3.92. The number of hydrogen-bond donors (Lipinski definition) is 2. The molecular formula is C27H24N2O2. The highest BCUT2D eigenvalue weighted by molar-refractivity contribution is 5.85. The standard InChI is InChI=1S/C27H24N2O2/c30-26-7-3-1-5-22(26)18-28-24-13-9-20(10-14-24)17-21-11-15-25(16-12-21)29-19-23-6-2-4-8-27(23)31/h1-11,13-15,18-19,30-31H,12,16-17H2. The fraction of sp³-hybridized carbons (Fsp3) is 0.111. The van der Waals surface area contributed by atoms with Crippen LogP contribution >= 0.6 is 0 Å². The van der Waals surface area contributed by atoms with Crippen LogP contribution in [-0.2, 0) is 6.42 Å². The molecule has 0 radical (unpaired) electrons. The van der Waals surface area contributed by atoms with Crippen LogP contribution in [0.2, 0.25) is 0 Å². The Labute approximate surface area is 182 Å². The van der Waals surface area contributed by atoms with Gasteiger partial charge in [-0.25, -0.2) is 0 Å². The van der Waals surface area contributed by atoms with Crippen molar-refractivity contribution < 1.29 is 10.2 Å². The Morgan fingerprint density at radius 1 is 0.677 bits per heavy atom. The first kappa shape index (κ1) is 20.4. The minimum Gasteiger partial charge on any atom is -0.507 e. The van der Waals surface area contributed by atoms with E-state index in [0.29, 0.717) is 5.56 Å². The first-order valence-corrected chi connectivity index (χ1v) is 10.3. The molecule has 0 bridgehead atoms. The SMILES string of the molecule is Oc1ccccc1C=NC1=CC=C(Cc2ccc(N=Cc3ccccc3O)cc2)CC1. The lowest BCUT2D eigenvalue weighted by Crippen LogP contribution is -1.96. The second-order valence-corrected chi connectivity index (χ2v) is 7.46. The highest BCUT2D eigenvalue weighted by atomic mass is 16.3. The van der Waals surface area contributed by atoms with Crippen LogP contribution in [0.3, 0.4) is 0 Å². The summed E-state index contributed by atoms with van der Waals surface area (Å²) < 4.78 is 0. The first-order valence-electron chi connectivity index (χ1n) is 10.3. The summed E-state index contributed by atoms with van der Waals surface area (Å²) in [5, 5.41) is 19.6. The van der Waals surface area contributed by atoms with Gasteiger partial charge in [-0.15, -0.1) is 0 Å². The molecule has 0 aromatic heterocycles. The van der Waals surface area contributed by atoms with E-state index >= 15 is 0 Å². The first-order chi connectivity index (χ1) is 15.2. The van der Waals surface area contributed by atoms with Gasteiger partial charge in [0.1, 0.15) is 11.5 Å². The van der Waals surface area contributed by atoms with E-state index in [0.717, 1.165) is 36.2 Å². The molecule has 0 amide bonds. The van der Waals surface area contributed by atoms with Crippen LogP contribution < -0.4 is 0 Å². The molecule has 0 saturated heterocycles. The van der Waals surface area contributed by atoms with Crippen LogP contribution in [-0.4, -0.2) is 22.6 Å². The Balaban J connectivity index is 1.36. The summed E-state index contributed by atoms with van der Waals surface area (Å²) in [4.78, 5) is 8.96. The quantitative estimate of drug-likeness (QED) is 0.483. The molecule has 4 heteroatoms. The van der Waals surface area contributed by atoms with E-state index in [9.17, 15) is 10.2 Å². The molecule has 154 valence electrons. The van der Waals surface area contributed by atoms with E-state index in [2.05, 4.69) is 34.3 Å². The molecule has 31 heavy (non-hydrogen) atoms. The zero-order chi connectivity index (χ0) is 21.5. The van der Waals surface area contributed by atoms with E-state index in [4.69, 9.17) is 0 Å². The molecule has 0 heterocycles. The number of nitrogens with zero attached hydrogens (tertiary/aromatic N) is 2. The van der Waals surface area contributed by atoms with Crippen molar-refractivity contribution in [3.63, 3.8) is 0 Å². The molecule has 3 aromatic carbocycles. The molecule has 0 fully saturated rings. The maximum absolute atomic E-state index is 9.83. The molecule has 1 aliphatic rings. The van der Waals surface area contributed by atoms with Crippen molar-refractivity contribution in [1.29, 1.82) is 0 Å². The van der Waals surface area contributed by atoms with Gasteiger partial charge in [-0.2, -0.15) is 0 Å². The summed E-state index contributed by atoms with van der Waals surface area (Å²) in [6, 6.07) is 22.5. The number of rotatable bonds is 6. The summed E-state index contributed by atoms with van der Waals surface area (Å²) in [6.07, 6.45) is 10.3. The lowest BCUT2D eigenvalue weighted by molar-refractivity contribution is 0.474.